The number of imidazole rings is 1. The first-order valence-electron chi connectivity index (χ1n) is 7.18. The number of aliphatic hydroxyl groups excluding tert-OH is 1. The molecule has 0 fully saturated rings. The first kappa shape index (κ1) is 15.4. The van der Waals surface area contributed by atoms with Gasteiger partial charge < -0.3 is 9.67 Å². The zero-order chi connectivity index (χ0) is 16.2. The summed E-state index contributed by atoms with van der Waals surface area (Å²) in [5.74, 6) is 0.118. The van der Waals surface area contributed by atoms with Crippen LogP contribution in [0.3, 0.4) is 0 Å². The summed E-state index contributed by atoms with van der Waals surface area (Å²) in [6.07, 6.45) is 2.81. The molecule has 0 amide bonds. The van der Waals surface area contributed by atoms with Gasteiger partial charge in [-0.25, -0.2) is 9.97 Å². The van der Waals surface area contributed by atoms with Crippen molar-refractivity contribution in [3.05, 3.63) is 52.7 Å². The highest BCUT2D eigenvalue weighted by Gasteiger charge is 2.13. The van der Waals surface area contributed by atoms with E-state index in [0.29, 0.717) is 41.3 Å². The predicted molar refractivity (Wildman–Crippen MR) is 86.0 cm³/mol. The number of aromatic nitrogens is 4. The van der Waals surface area contributed by atoms with Gasteiger partial charge in [0.25, 0.3) is 0 Å². The zero-order valence-electron chi connectivity index (χ0n) is 12.3. The maximum atomic E-state index is 9.17. The van der Waals surface area contributed by atoms with Crippen molar-refractivity contribution >= 4 is 22.8 Å². The molecule has 0 atom stereocenters. The van der Waals surface area contributed by atoms with Gasteiger partial charge in [0.2, 0.25) is 5.82 Å². The second kappa shape index (κ2) is 6.73. The fourth-order valence-electron chi connectivity index (χ4n) is 2.38. The van der Waals surface area contributed by atoms with Crippen molar-refractivity contribution < 1.29 is 5.11 Å². The SMILES string of the molecule is N#Cc1nc(Cc2ccc(Cl)cc2)c2ncn(CCCO)c2n1. The topological polar surface area (TPSA) is 87.6 Å². The third-order valence-corrected chi connectivity index (χ3v) is 3.73. The highest BCUT2D eigenvalue weighted by molar-refractivity contribution is 6.30. The summed E-state index contributed by atoms with van der Waals surface area (Å²) in [5.41, 5.74) is 3.03. The van der Waals surface area contributed by atoms with Crippen LogP contribution in [0.15, 0.2) is 30.6 Å². The number of aliphatic hydroxyl groups is 1. The lowest BCUT2D eigenvalue weighted by molar-refractivity contribution is 0.280. The van der Waals surface area contributed by atoms with Gasteiger partial charge in [-0.15, -0.1) is 0 Å². The van der Waals surface area contributed by atoms with Crippen molar-refractivity contribution in [2.24, 2.45) is 0 Å². The number of nitriles is 1. The second-order valence-corrected chi connectivity index (χ2v) is 5.53. The van der Waals surface area contributed by atoms with Crippen molar-refractivity contribution in [1.82, 2.24) is 19.5 Å². The molecule has 6 nitrogen and oxygen atoms in total. The monoisotopic (exact) mass is 327 g/mol. The van der Waals surface area contributed by atoms with E-state index in [1.807, 2.05) is 34.9 Å². The van der Waals surface area contributed by atoms with Gasteiger partial charge in [0.05, 0.1) is 12.0 Å². The normalized spacial score (nSPS) is 10.8. The smallest absolute Gasteiger partial charge is 0.234 e. The Balaban J connectivity index is 2.03. The Kier molecular flexibility index (Phi) is 4.51. The Hall–Kier alpha value is -2.49. The van der Waals surface area contributed by atoms with E-state index in [2.05, 4.69) is 15.0 Å². The Bertz CT molecular complexity index is 867. The molecule has 7 heteroatoms. The first-order valence-corrected chi connectivity index (χ1v) is 7.56. The highest BCUT2D eigenvalue weighted by Crippen LogP contribution is 2.19. The Morgan fingerprint density at radius 1 is 1.22 bits per heavy atom. The lowest BCUT2D eigenvalue weighted by atomic mass is 10.1. The highest BCUT2D eigenvalue weighted by atomic mass is 35.5. The molecule has 23 heavy (non-hydrogen) atoms. The number of fused-ring (bicyclic) bond motifs is 1. The number of rotatable bonds is 5. The van der Waals surface area contributed by atoms with E-state index in [1.54, 1.807) is 6.33 Å². The molecule has 116 valence electrons. The van der Waals surface area contributed by atoms with Crippen LogP contribution in [0, 0.1) is 11.3 Å². The molecule has 0 unspecified atom stereocenters. The average molecular weight is 328 g/mol. The molecule has 1 aromatic carbocycles. The molecule has 0 aliphatic carbocycles. The van der Waals surface area contributed by atoms with Gasteiger partial charge in [0, 0.05) is 24.6 Å². The molecule has 2 heterocycles. The molecule has 0 bridgehead atoms. The van der Waals surface area contributed by atoms with Gasteiger partial charge >= 0.3 is 0 Å². The molecule has 3 rings (SSSR count). The minimum Gasteiger partial charge on any atom is -0.396 e. The predicted octanol–water partition coefficient (Wildman–Crippen LogP) is 2.32. The number of halogens is 1. The van der Waals surface area contributed by atoms with Gasteiger partial charge in [-0.3, -0.25) is 0 Å². The Morgan fingerprint density at radius 3 is 2.70 bits per heavy atom. The second-order valence-electron chi connectivity index (χ2n) is 5.10. The Labute approximate surface area is 138 Å². The minimum atomic E-state index is 0.0908. The van der Waals surface area contributed by atoms with Crippen molar-refractivity contribution in [3.63, 3.8) is 0 Å². The van der Waals surface area contributed by atoms with Crippen molar-refractivity contribution in [3.8, 4) is 6.07 Å². The van der Waals surface area contributed by atoms with Crippen LogP contribution in [0.25, 0.3) is 11.2 Å². The first-order chi connectivity index (χ1) is 11.2. The molecule has 0 saturated heterocycles. The number of benzene rings is 1. The average Bonchev–Trinajstić information content (AvgIpc) is 2.98. The van der Waals surface area contributed by atoms with Crippen LogP contribution < -0.4 is 0 Å². The number of nitrogens with zero attached hydrogens (tertiary/aromatic N) is 5. The molecule has 0 aliphatic heterocycles. The van der Waals surface area contributed by atoms with Gasteiger partial charge in [-0.2, -0.15) is 10.2 Å². The lowest BCUT2D eigenvalue weighted by Gasteiger charge is -2.05. The van der Waals surface area contributed by atoms with E-state index < -0.39 is 0 Å². The molecule has 1 N–H and O–H groups in total. The quantitative estimate of drug-likeness (QED) is 0.777. The zero-order valence-corrected chi connectivity index (χ0v) is 13.0. The molecule has 2 aromatic heterocycles. The van der Waals surface area contributed by atoms with Crippen LogP contribution in [0.1, 0.15) is 23.5 Å². The fraction of sp³-hybridized carbons (Fsp3) is 0.250. The standard InChI is InChI=1S/C16H14ClN5O/c17-12-4-2-11(3-5-12)8-13-15-16(21-14(9-18)20-13)22(10-19-15)6-1-7-23/h2-5,10,23H,1,6-8H2. The van der Waals surface area contributed by atoms with Crippen LogP contribution in [-0.2, 0) is 13.0 Å². The molecule has 3 aromatic rings. The van der Waals surface area contributed by atoms with E-state index >= 15 is 0 Å². The van der Waals surface area contributed by atoms with Crippen molar-refractivity contribution in [2.75, 3.05) is 6.61 Å². The summed E-state index contributed by atoms with van der Waals surface area (Å²) in [6.45, 7) is 0.683. The number of aryl methyl sites for hydroxylation is 1. The van der Waals surface area contributed by atoms with Gasteiger partial charge in [0.1, 0.15) is 11.6 Å². The molecule has 0 spiro atoms. The van der Waals surface area contributed by atoms with Crippen LogP contribution in [0.5, 0.6) is 0 Å². The molecular formula is C16H14ClN5O. The maximum Gasteiger partial charge on any atom is 0.234 e. The van der Waals surface area contributed by atoms with Crippen LogP contribution in [0.2, 0.25) is 5.02 Å². The maximum absolute atomic E-state index is 9.17. The van der Waals surface area contributed by atoms with Crippen molar-refractivity contribution in [2.45, 2.75) is 19.4 Å². The molecule has 0 aliphatic rings. The third-order valence-electron chi connectivity index (χ3n) is 3.48. The summed E-state index contributed by atoms with van der Waals surface area (Å²) >= 11 is 5.90. The lowest BCUT2D eigenvalue weighted by Crippen LogP contribution is -2.04. The number of hydrogen-bond donors (Lipinski definition) is 1. The summed E-state index contributed by atoms with van der Waals surface area (Å²) < 4.78 is 1.83. The van der Waals surface area contributed by atoms with E-state index in [0.717, 1.165) is 5.56 Å². The summed E-state index contributed by atoms with van der Waals surface area (Å²) in [5, 5.41) is 18.8. The largest absolute Gasteiger partial charge is 0.396 e. The Morgan fingerprint density at radius 2 is 2.00 bits per heavy atom. The number of hydrogen-bond acceptors (Lipinski definition) is 5. The van der Waals surface area contributed by atoms with Gasteiger partial charge in [-0.05, 0) is 24.1 Å². The summed E-state index contributed by atoms with van der Waals surface area (Å²) in [4.78, 5) is 12.9. The summed E-state index contributed by atoms with van der Waals surface area (Å²) in [6, 6.07) is 9.48. The molecule has 0 saturated carbocycles. The molecule has 0 radical (unpaired) electrons. The molecular weight excluding hydrogens is 314 g/mol. The fourth-order valence-corrected chi connectivity index (χ4v) is 2.50. The third kappa shape index (κ3) is 3.31. The minimum absolute atomic E-state index is 0.0908. The van der Waals surface area contributed by atoms with Crippen LogP contribution in [0.4, 0.5) is 0 Å². The van der Waals surface area contributed by atoms with E-state index in [4.69, 9.17) is 22.0 Å². The van der Waals surface area contributed by atoms with E-state index in [9.17, 15) is 0 Å². The van der Waals surface area contributed by atoms with Gasteiger partial charge in [0.15, 0.2) is 5.65 Å². The summed E-state index contributed by atoms with van der Waals surface area (Å²) in [7, 11) is 0. The van der Waals surface area contributed by atoms with E-state index in [-0.39, 0.29) is 12.4 Å². The van der Waals surface area contributed by atoms with Crippen LogP contribution in [-0.4, -0.2) is 31.2 Å². The van der Waals surface area contributed by atoms with Crippen LogP contribution >= 0.6 is 11.6 Å². The van der Waals surface area contributed by atoms with E-state index in [1.165, 1.54) is 0 Å². The van der Waals surface area contributed by atoms with Crippen molar-refractivity contribution in [1.29, 1.82) is 5.26 Å². The van der Waals surface area contributed by atoms with Gasteiger partial charge in [-0.1, -0.05) is 23.7 Å².